The molecule has 5 nitrogen and oxygen atoms in total. The zero-order chi connectivity index (χ0) is 10.8. The number of carbonyl (C=O) groups is 2. The normalized spacial score (nSPS) is 29.7. The zero-order valence-corrected chi connectivity index (χ0v) is 8.16. The quantitative estimate of drug-likeness (QED) is 0.617. The van der Waals surface area contributed by atoms with Gasteiger partial charge in [-0.1, -0.05) is 13.3 Å². The Kier molecular flexibility index (Phi) is 3.10. The minimum atomic E-state index is -1.27. The van der Waals surface area contributed by atoms with Gasteiger partial charge in [-0.3, -0.25) is 4.79 Å². The molecule has 14 heavy (non-hydrogen) atoms. The molecule has 80 valence electrons. The zero-order valence-electron chi connectivity index (χ0n) is 8.16. The lowest BCUT2D eigenvalue weighted by Crippen LogP contribution is -2.34. The summed E-state index contributed by atoms with van der Waals surface area (Å²) in [6.45, 7) is 1.70. The minimum absolute atomic E-state index is 0.0412. The van der Waals surface area contributed by atoms with E-state index in [-0.39, 0.29) is 12.5 Å². The molecule has 0 bridgehead atoms. The predicted octanol–water partition coefficient (Wildman–Crippen LogP) is 0.132. The van der Waals surface area contributed by atoms with Crippen LogP contribution in [0.2, 0.25) is 0 Å². The SMILES string of the molecule is CCC[C@@H]1C[C@]1(OC(=O)CN)C(=O)O. The molecule has 0 aliphatic heterocycles. The van der Waals surface area contributed by atoms with E-state index in [0.29, 0.717) is 6.42 Å². The maximum atomic E-state index is 10.9. The summed E-state index contributed by atoms with van der Waals surface area (Å²) in [5.74, 6) is -1.75. The fourth-order valence-corrected chi connectivity index (χ4v) is 1.67. The molecule has 0 saturated heterocycles. The van der Waals surface area contributed by atoms with Crippen LogP contribution in [0.4, 0.5) is 0 Å². The van der Waals surface area contributed by atoms with Crippen molar-refractivity contribution in [1.82, 2.24) is 0 Å². The molecule has 0 unspecified atom stereocenters. The topological polar surface area (TPSA) is 89.6 Å². The molecule has 5 heteroatoms. The number of nitrogens with two attached hydrogens (primary N) is 1. The van der Waals surface area contributed by atoms with E-state index in [1.165, 1.54) is 0 Å². The highest BCUT2D eigenvalue weighted by atomic mass is 16.6. The highest BCUT2D eigenvalue weighted by Crippen LogP contribution is 2.49. The molecule has 1 rings (SSSR count). The van der Waals surface area contributed by atoms with E-state index in [2.05, 4.69) is 0 Å². The van der Waals surface area contributed by atoms with Crippen LogP contribution < -0.4 is 5.73 Å². The van der Waals surface area contributed by atoms with Crippen LogP contribution in [0, 0.1) is 5.92 Å². The molecule has 1 saturated carbocycles. The van der Waals surface area contributed by atoms with E-state index in [9.17, 15) is 9.59 Å². The van der Waals surface area contributed by atoms with E-state index < -0.39 is 17.5 Å². The summed E-state index contributed by atoms with van der Waals surface area (Å²) in [5.41, 5.74) is 3.79. The molecule has 0 aromatic carbocycles. The lowest BCUT2D eigenvalue weighted by atomic mass is 10.1. The summed E-state index contributed by atoms with van der Waals surface area (Å²) in [4.78, 5) is 21.8. The minimum Gasteiger partial charge on any atom is -0.478 e. The smallest absolute Gasteiger partial charge is 0.348 e. The Labute approximate surface area is 82.2 Å². The van der Waals surface area contributed by atoms with Crippen LogP contribution in [0.5, 0.6) is 0 Å². The predicted molar refractivity (Wildman–Crippen MR) is 48.5 cm³/mol. The maximum absolute atomic E-state index is 10.9. The second-order valence-corrected chi connectivity index (χ2v) is 3.56. The maximum Gasteiger partial charge on any atom is 0.348 e. The first-order valence-electron chi connectivity index (χ1n) is 4.72. The number of ether oxygens (including phenoxy) is 1. The van der Waals surface area contributed by atoms with Crippen molar-refractivity contribution in [3.05, 3.63) is 0 Å². The van der Waals surface area contributed by atoms with E-state index >= 15 is 0 Å². The Hall–Kier alpha value is -1.10. The number of carboxylic acids is 1. The van der Waals surface area contributed by atoms with Gasteiger partial charge in [0.1, 0.15) is 0 Å². The van der Waals surface area contributed by atoms with Gasteiger partial charge in [-0.05, 0) is 6.42 Å². The van der Waals surface area contributed by atoms with Crippen LogP contribution >= 0.6 is 0 Å². The molecule has 0 amide bonds. The van der Waals surface area contributed by atoms with Crippen LogP contribution in [0.1, 0.15) is 26.2 Å². The number of esters is 1. The van der Waals surface area contributed by atoms with Gasteiger partial charge in [0.05, 0.1) is 6.54 Å². The average molecular weight is 201 g/mol. The Balaban J connectivity index is 2.59. The molecule has 2 atom stereocenters. The van der Waals surface area contributed by atoms with Crippen LogP contribution in [0.25, 0.3) is 0 Å². The van der Waals surface area contributed by atoms with Gasteiger partial charge < -0.3 is 15.6 Å². The van der Waals surface area contributed by atoms with Crippen LogP contribution in [-0.4, -0.2) is 29.2 Å². The average Bonchev–Trinajstić information content (AvgIpc) is 2.81. The lowest BCUT2D eigenvalue weighted by Gasteiger charge is -2.12. The van der Waals surface area contributed by atoms with Crippen LogP contribution in [0.15, 0.2) is 0 Å². The van der Waals surface area contributed by atoms with Gasteiger partial charge in [0.25, 0.3) is 0 Å². The van der Waals surface area contributed by atoms with Gasteiger partial charge in [0, 0.05) is 12.3 Å². The highest BCUT2D eigenvalue weighted by Gasteiger charge is 2.63. The standard InChI is InChI=1S/C9H15NO4/c1-2-3-6-4-9(6,8(12)13)14-7(11)5-10/h6H,2-5,10H2,1H3,(H,12,13)/t6-,9-/m1/s1. The largest absolute Gasteiger partial charge is 0.478 e. The van der Waals surface area contributed by atoms with Gasteiger partial charge >= 0.3 is 11.9 Å². The highest BCUT2D eigenvalue weighted by molar-refractivity contribution is 5.86. The molecule has 0 heterocycles. The third kappa shape index (κ3) is 1.87. The van der Waals surface area contributed by atoms with Crippen molar-refractivity contribution in [3.63, 3.8) is 0 Å². The van der Waals surface area contributed by atoms with Crippen molar-refractivity contribution in [2.24, 2.45) is 11.7 Å². The van der Waals surface area contributed by atoms with Crippen molar-refractivity contribution >= 4 is 11.9 Å². The number of aliphatic carboxylic acids is 1. The lowest BCUT2D eigenvalue weighted by molar-refractivity contribution is -0.167. The molecule has 1 fully saturated rings. The van der Waals surface area contributed by atoms with Crippen LogP contribution in [0.3, 0.4) is 0 Å². The molecule has 1 aliphatic rings. The third-order valence-corrected chi connectivity index (χ3v) is 2.51. The summed E-state index contributed by atoms with van der Waals surface area (Å²) < 4.78 is 4.86. The van der Waals surface area contributed by atoms with Gasteiger partial charge in [0.2, 0.25) is 5.60 Å². The summed E-state index contributed by atoms with van der Waals surface area (Å²) in [7, 11) is 0. The molecule has 0 spiro atoms. The molecule has 1 aliphatic carbocycles. The molecule has 0 aromatic rings. The molecule has 0 aromatic heterocycles. The van der Waals surface area contributed by atoms with Crippen molar-refractivity contribution in [2.45, 2.75) is 31.8 Å². The molecular weight excluding hydrogens is 186 g/mol. The van der Waals surface area contributed by atoms with Gasteiger partial charge in [-0.15, -0.1) is 0 Å². The molecule has 0 radical (unpaired) electrons. The number of rotatable bonds is 5. The Bertz CT molecular complexity index is 253. The van der Waals surface area contributed by atoms with E-state index in [1.54, 1.807) is 0 Å². The summed E-state index contributed by atoms with van der Waals surface area (Å²) in [5, 5.41) is 8.93. The van der Waals surface area contributed by atoms with Crippen molar-refractivity contribution in [1.29, 1.82) is 0 Å². The third-order valence-electron chi connectivity index (χ3n) is 2.51. The molecular formula is C9H15NO4. The van der Waals surface area contributed by atoms with Crippen LogP contribution in [-0.2, 0) is 14.3 Å². The first kappa shape index (κ1) is 11.0. The summed E-state index contributed by atoms with van der Waals surface area (Å²) in [6, 6.07) is 0. The van der Waals surface area contributed by atoms with E-state index in [1.807, 2.05) is 6.92 Å². The number of carboxylic acid groups (broad SMARTS) is 1. The van der Waals surface area contributed by atoms with Gasteiger partial charge in [-0.25, -0.2) is 4.79 Å². The van der Waals surface area contributed by atoms with Crippen molar-refractivity contribution in [2.75, 3.05) is 6.54 Å². The molecule has 3 N–H and O–H groups in total. The fourth-order valence-electron chi connectivity index (χ4n) is 1.67. The Morgan fingerprint density at radius 3 is 2.71 bits per heavy atom. The monoisotopic (exact) mass is 201 g/mol. The van der Waals surface area contributed by atoms with E-state index in [4.69, 9.17) is 15.6 Å². The Morgan fingerprint density at radius 2 is 2.29 bits per heavy atom. The Morgan fingerprint density at radius 1 is 1.64 bits per heavy atom. The van der Waals surface area contributed by atoms with Gasteiger partial charge in [-0.2, -0.15) is 0 Å². The number of hydrogen-bond acceptors (Lipinski definition) is 4. The second kappa shape index (κ2) is 3.96. The van der Waals surface area contributed by atoms with Crippen molar-refractivity contribution < 1.29 is 19.4 Å². The number of hydrogen-bond donors (Lipinski definition) is 2. The number of carbonyl (C=O) groups excluding carboxylic acids is 1. The first-order chi connectivity index (χ1) is 6.56. The summed E-state index contributed by atoms with van der Waals surface area (Å²) >= 11 is 0. The first-order valence-corrected chi connectivity index (χ1v) is 4.72. The summed E-state index contributed by atoms with van der Waals surface area (Å²) in [6.07, 6.45) is 2.08. The van der Waals surface area contributed by atoms with Crippen molar-refractivity contribution in [3.8, 4) is 0 Å². The fraction of sp³-hybridized carbons (Fsp3) is 0.778. The van der Waals surface area contributed by atoms with Gasteiger partial charge in [0.15, 0.2) is 0 Å². The van der Waals surface area contributed by atoms with E-state index in [0.717, 1.165) is 12.8 Å². The second-order valence-electron chi connectivity index (χ2n) is 3.56.